The summed E-state index contributed by atoms with van der Waals surface area (Å²) in [6.45, 7) is 5.89. The van der Waals surface area contributed by atoms with Crippen LogP contribution < -0.4 is 4.74 Å². The first-order valence-electron chi connectivity index (χ1n) is 7.17. The summed E-state index contributed by atoms with van der Waals surface area (Å²) in [5.41, 5.74) is 1.14. The Morgan fingerprint density at radius 3 is 2.62 bits per heavy atom. The van der Waals surface area contributed by atoms with Crippen molar-refractivity contribution in [3.8, 4) is 5.75 Å². The molecule has 0 fully saturated rings. The van der Waals surface area contributed by atoms with Crippen molar-refractivity contribution in [3.63, 3.8) is 0 Å². The molecule has 0 radical (unpaired) electrons. The quantitative estimate of drug-likeness (QED) is 0.799. The van der Waals surface area contributed by atoms with Gasteiger partial charge < -0.3 is 14.7 Å². The molecular weight excluding hydrogens is 270 g/mol. The van der Waals surface area contributed by atoms with Crippen LogP contribution in [0.5, 0.6) is 5.75 Å². The lowest BCUT2D eigenvalue weighted by Crippen LogP contribution is -2.41. The fraction of sp³-hybridized carbons (Fsp3) is 0.500. The predicted molar refractivity (Wildman–Crippen MR) is 80.4 cm³/mol. The van der Waals surface area contributed by atoms with E-state index in [1.165, 1.54) is 4.90 Å². The standard InChI is InChI=1S/C16H23NO4/c1-4-13-6-5-7-14(10-13)21-11-15(18)17(12(2)3)9-8-16(19)20/h5-7,10,12H,4,8-9,11H2,1-3H3,(H,19,20). The minimum Gasteiger partial charge on any atom is -0.484 e. The Morgan fingerprint density at radius 2 is 2.05 bits per heavy atom. The average molecular weight is 293 g/mol. The molecule has 5 heteroatoms. The van der Waals surface area contributed by atoms with Gasteiger partial charge in [-0.05, 0) is 38.0 Å². The fourth-order valence-corrected chi connectivity index (χ4v) is 1.97. The van der Waals surface area contributed by atoms with Crippen LogP contribution in [0.3, 0.4) is 0 Å². The van der Waals surface area contributed by atoms with Crippen molar-refractivity contribution < 1.29 is 19.4 Å². The Kier molecular flexibility index (Phi) is 6.72. The number of aryl methyl sites for hydroxylation is 1. The molecule has 0 bridgehead atoms. The number of carbonyl (C=O) groups is 2. The first-order valence-corrected chi connectivity index (χ1v) is 7.17. The summed E-state index contributed by atoms with van der Waals surface area (Å²) in [6, 6.07) is 7.56. The van der Waals surface area contributed by atoms with Crippen molar-refractivity contribution in [2.75, 3.05) is 13.2 Å². The van der Waals surface area contributed by atoms with E-state index in [1.807, 2.05) is 38.1 Å². The van der Waals surface area contributed by atoms with E-state index in [-0.39, 0.29) is 31.5 Å². The number of nitrogens with zero attached hydrogens (tertiary/aromatic N) is 1. The van der Waals surface area contributed by atoms with Crippen LogP contribution in [0.4, 0.5) is 0 Å². The molecule has 0 saturated carbocycles. The highest BCUT2D eigenvalue weighted by Gasteiger charge is 2.18. The Hall–Kier alpha value is -2.04. The highest BCUT2D eigenvalue weighted by Crippen LogP contribution is 2.14. The molecule has 21 heavy (non-hydrogen) atoms. The fourth-order valence-electron chi connectivity index (χ4n) is 1.97. The summed E-state index contributed by atoms with van der Waals surface area (Å²) in [4.78, 5) is 24.3. The van der Waals surface area contributed by atoms with Crippen molar-refractivity contribution in [3.05, 3.63) is 29.8 Å². The highest BCUT2D eigenvalue weighted by atomic mass is 16.5. The molecule has 1 rings (SSSR count). The largest absolute Gasteiger partial charge is 0.484 e. The van der Waals surface area contributed by atoms with Crippen LogP contribution in [0.1, 0.15) is 32.8 Å². The minimum absolute atomic E-state index is 0.0533. The maximum absolute atomic E-state index is 12.1. The van der Waals surface area contributed by atoms with Crippen LogP contribution in [0.25, 0.3) is 0 Å². The number of carboxylic acids is 1. The molecule has 0 aliphatic heterocycles. The van der Waals surface area contributed by atoms with Crippen molar-refractivity contribution in [2.24, 2.45) is 0 Å². The normalized spacial score (nSPS) is 10.5. The van der Waals surface area contributed by atoms with Crippen molar-refractivity contribution in [2.45, 2.75) is 39.7 Å². The van der Waals surface area contributed by atoms with E-state index in [1.54, 1.807) is 0 Å². The minimum atomic E-state index is -0.912. The Bertz CT molecular complexity index is 485. The van der Waals surface area contributed by atoms with Gasteiger partial charge in [-0.1, -0.05) is 19.1 Å². The molecule has 1 amide bonds. The smallest absolute Gasteiger partial charge is 0.305 e. The molecule has 0 unspecified atom stereocenters. The van der Waals surface area contributed by atoms with Crippen LogP contribution >= 0.6 is 0 Å². The number of benzene rings is 1. The third-order valence-electron chi connectivity index (χ3n) is 3.18. The van der Waals surface area contributed by atoms with Gasteiger partial charge in [0, 0.05) is 12.6 Å². The van der Waals surface area contributed by atoms with Crippen molar-refractivity contribution in [1.82, 2.24) is 4.90 Å². The van der Waals surface area contributed by atoms with E-state index >= 15 is 0 Å². The van der Waals surface area contributed by atoms with E-state index in [4.69, 9.17) is 9.84 Å². The second kappa shape index (κ2) is 8.29. The van der Waals surface area contributed by atoms with Crippen molar-refractivity contribution >= 4 is 11.9 Å². The van der Waals surface area contributed by atoms with Gasteiger partial charge >= 0.3 is 5.97 Å². The summed E-state index contributed by atoms with van der Waals surface area (Å²) in [5, 5.41) is 8.72. The molecule has 0 atom stereocenters. The zero-order valence-electron chi connectivity index (χ0n) is 12.8. The summed E-state index contributed by atoms with van der Waals surface area (Å²) in [6.07, 6.45) is 0.844. The summed E-state index contributed by atoms with van der Waals surface area (Å²) >= 11 is 0. The maximum Gasteiger partial charge on any atom is 0.305 e. The van der Waals surface area contributed by atoms with Gasteiger partial charge in [0.1, 0.15) is 5.75 Å². The molecular formula is C16H23NO4. The van der Waals surface area contributed by atoms with E-state index in [2.05, 4.69) is 6.92 Å². The number of aliphatic carboxylic acids is 1. The molecule has 0 aromatic heterocycles. The Morgan fingerprint density at radius 1 is 1.33 bits per heavy atom. The monoisotopic (exact) mass is 293 g/mol. The number of hydrogen-bond donors (Lipinski definition) is 1. The lowest BCUT2D eigenvalue weighted by Gasteiger charge is -2.26. The van der Waals surface area contributed by atoms with E-state index in [9.17, 15) is 9.59 Å². The molecule has 0 spiro atoms. The van der Waals surface area contributed by atoms with Gasteiger partial charge in [-0.3, -0.25) is 9.59 Å². The highest BCUT2D eigenvalue weighted by molar-refractivity contribution is 5.78. The van der Waals surface area contributed by atoms with Gasteiger partial charge in [-0.2, -0.15) is 0 Å². The Balaban J connectivity index is 2.58. The van der Waals surface area contributed by atoms with Gasteiger partial charge in [-0.25, -0.2) is 0 Å². The van der Waals surface area contributed by atoms with Crippen LogP contribution in [0.15, 0.2) is 24.3 Å². The molecule has 0 aliphatic carbocycles. The summed E-state index contributed by atoms with van der Waals surface area (Å²) in [5.74, 6) is -0.456. The summed E-state index contributed by atoms with van der Waals surface area (Å²) < 4.78 is 5.51. The molecule has 0 heterocycles. The van der Waals surface area contributed by atoms with Gasteiger partial charge in [-0.15, -0.1) is 0 Å². The van der Waals surface area contributed by atoms with E-state index < -0.39 is 5.97 Å². The van der Waals surface area contributed by atoms with E-state index in [0.29, 0.717) is 5.75 Å². The second-order valence-electron chi connectivity index (χ2n) is 5.11. The number of amides is 1. The maximum atomic E-state index is 12.1. The average Bonchev–Trinajstić information content (AvgIpc) is 2.44. The van der Waals surface area contributed by atoms with Crippen LogP contribution in [-0.4, -0.2) is 41.1 Å². The van der Waals surface area contributed by atoms with Crippen LogP contribution in [0, 0.1) is 0 Å². The number of ether oxygens (including phenoxy) is 1. The van der Waals surface area contributed by atoms with Gasteiger partial charge in [0.15, 0.2) is 6.61 Å². The molecule has 5 nitrogen and oxygen atoms in total. The first-order chi connectivity index (χ1) is 9.93. The SMILES string of the molecule is CCc1cccc(OCC(=O)N(CCC(=O)O)C(C)C)c1. The zero-order chi connectivity index (χ0) is 15.8. The van der Waals surface area contributed by atoms with E-state index in [0.717, 1.165) is 12.0 Å². The predicted octanol–water partition coefficient (Wildman–Crippen LogP) is 2.34. The summed E-state index contributed by atoms with van der Waals surface area (Å²) in [7, 11) is 0. The van der Waals surface area contributed by atoms with Crippen molar-refractivity contribution in [1.29, 1.82) is 0 Å². The van der Waals surface area contributed by atoms with Crippen LogP contribution in [0.2, 0.25) is 0 Å². The molecule has 1 aromatic carbocycles. The molecule has 0 saturated heterocycles. The van der Waals surface area contributed by atoms with Crippen LogP contribution in [-0.2, 0) is 16.0 Å². The van der Waals surface area contributed by atoms with Gasteiger partial charge in [0.25, 0.3) is 5.91 Å². The topological polar surface area (TPSA) is 66.8 Å². The number of rotatable bonds is 8. The van der Waals surface area contributed by atoms with Gasteiger partial charge in [0.2, 0.25) is 0 Å². The number of carbonyl (C=O) groups excluding carboxylic acids is 1. The number of hydrogen-bond acceptors (Lipinski definition) is 3. The first kappa shape index (κ1) is 17.0. The molecule has 116 valence electrons. The molecule has 1 N–H and O–H groups in total. The lowest BCUT2D eigenvalue weighted by molar-refractivity contribution is -0.139. The lowest BCUT2D eigenvalue weighted by atomic mass is 10.2. The molecule has 0 aliphatic rings. The third kappa shape index (κ3) is 5.85. The zero-order valence-corrected chi connectivity index (χ0v) is 12.8. The number of carboxylic acid groups (broad SMARTS) is 1. The third-order valence-corrected chi connectivity index (χ3v) is 3.18. The Labute approximate surface area is 125 Å². The van der Waals surface area contributed by atoms with Gasteiger partial charge in [0.05, 0.1) is 6.42 Å². The second-order valence-corrected chi connectivity index (χ2v) is 5.11. The molecule has 1 aromatic rings.